The van der Waals surface area contributed by atoms with Gasteiger partial charge < -0.3 is 20.4 Å². The minimum Gasteiger partial charge on any atom is -0.361 e. The maximum absolute atomic E-state index is 6.41. The summed E-state index contributed by atoms with van der Waals surface area (Å²) in [5, 5.41) is 8.21. The highest BCUT2D eigenvalue weighted by Gasteiger charge is 2.34. The van der Waals surface area contributed by atoms with Gasteiger partial charge in [-0.3, -0.25) is 0 Å². The minimum absolute atomic E-state index is 0.00537. The van der Waals surface area contributed by atoms with Crippen LogP contribution < -0.4 is 20.4 Å². The van der Waals surface area contributed by atoms with Crippen molar-refractivity contribution in [3.63, 3.8) is 0 Å². The summed E-state index contributed by atoms with van der Waals surface area (Å²) in [5.74, 6) is 2.33. The zero-order chi connectivity index (χ0) is 28.5. The third-order valence-electron chi connectivity index (χ3n) is 9.09. The molecule has 6 nitrogen and oxygen atoms in total. The van der Waals surface area contributed by atoms with Gasteiger partial charge in [0.05, 0.1) is 0 Å². The quantitative estimate of drug-likeness (QED) is 0.226. The van der Waals surface area contributed by atoms with Crippen LogP contribution in [0.25, 0.3) is 0 Å². The number of nitrogens with zero attached hydrogens (tertiary/aromatic N) is 4. The Morgan fingerprint density at radius 1 is 0.738 bits per heavy atom. The highest BCUT2D eigenvalue weighted by atomic mass is 35.5. The first kappa shape index (κ1) is 27.2. The predicted molar refractivity (Wildman–Crippen MR) is 175 cm³/mol. The van der Waals surface area contributed by atoms with E-state index in [1.807, 2.05) is 6.07 Å². The number of thiocarbonyl (C=S) groups is 1. The number of aromatic nitrogens is 2. The molecule has 1 aromatic heterocycles. The lowest BCUT2D eigenvalue weighted by Crippen LogP contribution is -2.43. The van der Waals surface area contributed by atoms with Crippen molar-refractivity contribution in [3.05, 3.63) is 112 Å². The summed E-state index contributed by atoms with van der Waals surface area (Å²) in [5.41, 5.74) is 6.67. The summed E-state index contributed by atoms with van der Waals surface area (Å²) in [7, 11) is 0. The fraction of sp³-hybridized carbons (Fsp3) is 0.324. The number of rotatable bonds is 6. The maximum Gasteiger partial charge on any atom is 0.232 e. The van der Waals surface area contributed by atoms with E-state index in [1.54, 1.807) is 0 Å². The van der Waals surface area contributed by atoms with Crippen LogP contribution in [0, 0.1) is 0 Å². The molecule has 8 heteroatoms. The first-order valence-electron chi connectivity index (χ1n) is 14.9. The Morgan fingerprint density at radius 2 is 1.29 bits per heavy atom. The fourth-order valence-electron chi connectivity index (χ4n) is 6.80. The molecule has 0 bridgehead atoms. The molecule has 0 saturated heterocycles. The first-order valence-corrected chi connectivity index (χ1v) is 15.7. The van der Waals surface area contributed by atoms with Gasteiger partial charge in [0.25, 0.3) is 0 Å². The van der Waals surface area contributed by atoms with E-state index >= 15 is 0 Å². The third-order valence-corrected chi connectivity index (χ3v) is 9.57. The van der Waals surface area contributed by atoms with Gasteiger partial charge in [-0.15, -0.1) is 0 Å². The smallest absolute Gasteiger partial charge is 0.232 e. The van der Waals surface area contributed by atoms with Gasteiger partial charge in [0.15, 0.2) is 5.11 Å². The number of fused-ring (bicyclic) bond motifs is 2. The van der Waals surface area contributed by atoms with Crippen molar-refractivity contribution >= 4 is 46.5 Å². The average Bonchev–Trinajstić information content (AvgIpc) is 3.65. The van der Waals surface area contributed by atoms with Gasteiger partial charge >= 0.3 is 0 Å². The van der Waals surface area contributed by atoms with E-state index in [0.717, 1.165) is 62.2 Å². The van der Waals surface area contributed by atoms with Crippen LogP contribution in [0.2, 0.25) is 5.02 Å². The summed E-state index contributed by atoms with van der Waals surface area (Å²) in [6.07, 6.45) is 5.92. The Hall–Kier alpha value is -3.68. The molecule has 2 aliphatic heterocycles. The summed E-state index contributed by atoms with van der Waals surface area (Å²) < 4.78 is 0. The number of benzene rings is 3. The van der Waals surface area contributed by atoms with Crippen molar-refractivity contribution < 1.29 is 0 Å². The molecule has 0 amide bonds. The zero-order valence-electron chi connectivity index (χ0n) is 23.7. The van der Waals surface area contributed by atoms with Gasteiger partial charge in [0, 0.05) is 49.2 Å². The van der Waals surface area contributed by atoms with E-state index in [-0.39, 0.29) is 5.41 Å². The molecular weight excluding hydrogens is 560 g/mol. The molecule has 3 heterocycles. The monoisotopic (exact) mass is 594 g/mol. The molecule has 7 rings (SSSR count). The van der Waals surface area contributed by atoms with Crippen LogP contribution in [0.1, 0.15) is 59.9 Å². The second-order valence-corrected chi connectivity index (χ2v) is 12.7. The Kier molecular flexibility index (Phi) is 7.46. The molecule has 0 atom stereocenters. The lowest BCUT2D eigenvalue weighted by Gasteiger charge is -2.38. The van der Waals surface area contributed by atoms with Gasteiger partial charge in [-0.1, -0.05) is 91.5 Å². The standard InChI is InChI=1S/C34H35ClN6S/c35-29-14-8-13-28(17-29)34(15-6-1-7-16-34)23-36-33(42)39-32-37-30(40-19-24-9-2-3-10-25(24)20-40)18-31(38-32)41-21-26-11-4-5-12-27(26)22-41/h2-5,8-14,17-18H,1,6-7,15-16,19-23H2,(H2,36,37,38,39,42). The van der Waals surface area contributed by atoms with Crippen LogP contribution in [0.15, 0.2) is 78.9 Å². The van der Waals surface area contributed by atoms with Crippen molar-refractivity contribution in [2.24, 2.45) is 0 Å². The van der Waals surface area contributed by atoms with Crippen molar-refractivity contribution in [1.82, 2.24) is 15.3 Å². The highest BCUT2D eigenvalue weighted by Crippen LogP contribution is 2.40. The molecule has 1 fully saturated rings. The Labute approximate surface area is 258 Å². The molecule has 4 aromatic rings. The van der Waals surface area contributed by atoms with Crippen molar-refractivity contribution in [2.75, 3.05) is 21.7 Å². The topological polar surface area (TPSA) is 56.3 Å². The molecule has 0 spiro atoms. The van der Waals surface area contributed by atoms with Crippen molar-refractivity contribution in [1.29, 1.82) is 0 Å². The average molecular weight is 595 g/mol. The van der Waals surface area contributed by atoms with Crippen LogP contribution >= 0.6 is 23.8 Å². The van der Waals surface area contributed by atoms with E-state index in [4.69, 9.17) is 33.8 Å². The number of halogens is 1. The first-order chi connectivity index (χ1) is 20.5. The predicted octanol–water partition coefficient (Wildman–Crippen LogP) is 7.36. The third kappa shape index (κ3) is 5.55. The molecule has 42 heavy (non-hydrogen) atoms. The Bertz CT molecular complexity index is 1490. The molecule has 1 saturated carbocycles. The Morgan fingerprint density at radius 3 is 1.81 bits per heavy atom. The zero-order valence-corrected chi connectivity index (χ0v) is 25.2. The fourth-order valence-corrected chi connectivity index (χ4v) is 7.16. The molecule has 0 radical (unpaired) electrons. The highest BCUT2D eigenvalue weighted by molar-refractivity contribution is 7.80. The molecule has 1 aliphatic carbocycles. The summed E-state index contributed by atoms with van der Waals surface area (Å²) >= 11 is 12.3. The molecule has 0 unspecified atom stereocenters. The largest absolute Gasteiger partial charge is 0.361 e. The van der Waals surface area contributed by atoms with Gasteiger partial charge in [-0.2, -0.15) is 9.97 Å². The van der Waals surface area contributed by atoms with Crippen LogP contribution in [0.3, 0.4) is 0 Å². The normalized spacial score (nSPS) is 17.1. The van der Waals surface area contributed by atoms with Gasteiger partial charge in [0.1, 0.15) is 11.6 Å². The number of nitrogens with one attached hydrogen (secondary N) is 2. The van der Waals surface area contributed by atoms with Crippen LogP contribution in [0.4, 0.5) is 17.6 Å². The Balaban J connectivity index is 1.13. The van der Waals surface area contributed by atoms with E-state index in [1.165, 1.54) is 47.1 Å². The van der Waals surface area contributed by atoms with Gasteiger partial charge in [-0.25, -0.2) is 0 Å². The second kappa shape index (κ2) is 11.5. The molecular formula is C34H35ClN6S. The van der Waals surface area contributed by atoms with Crippen LogP contribution in [-0.4, -0.2) is 21.6 Å². The van der Waals surface area contributed by atoms with E-state index in [2.05, 4.69) is 93.2 Å². The number of hydrogen-bond donors (Lipinski definition) is 2. The summed E-state index contributed by atoms with van der Waals surface area (Å²) in [6.45, 7) is 4.07. The number of hydrogen-bond acceptors (Lipinski definition) is 5. The SMILES string of the molecule is S=C(NCC1(c2cccc(Cl)c2)CCCCC1)Nc1nc(N2Cc3ccccc3C2)cc(N2Cc3ccccc3C2)n1. The van der Waals surface area contributed by atoms with Crippen molar-refractivity contribution in [3.8, 4) is 0 Å². The summed E-state index contributed by atoms with van der Waals surface area (Å²) in [4.78, 5) is 14.6. The lowest BCUT2D eigenvalue weighted by atomic mass is 9.69. The van der Waals surface area contributed by atoms with E-state index < -0.39 is 0 Å². The van der Waals surface area contributed by atoms with E-state index in [9.17, 15) is 0 Å². The number of anilines is 3. The van der Waals surface area contributed by atoms with Gasteiger partial charge in [0.2, 0.25) is 5.95 Å². The molecule has 214 valence electrons. The summed E-state index contributed by atoms with van der Waals surface area (Å²) in [6, 6.07) is 27.7. The molecule has 2 N–H and O–H groups in total. The molecule has 3 aromatic carbocycles. The maximum atomic E-state index is 6.41. The van der Waals surface area contributed by atoms with E-state index in [0.29, 0.717) is 11.1 Å². The van der Waals surface area contributed by atoms with Crippen molar-refractivity contribution in [2.45, 2.75) is 63.7 Å². The second-order valence-electron chi connectivity index (χ2n) is 11.8. The lowest BCUT2D eigenvalue weighted by molar-refractivity contribution is 0.292. The van der Waals surface area contributed by atoms with Crippen LogP contribution in [-0.2, 0) is 31.6 Å². The molecule has 3 aliphatic rings. The van der Waals surface area contributed by atoms with Crippen LogP contribution in [0.5, 0.6) is 0 Å². The minimum atomic E-state index is 0.00537. The van der Waals surface area contributed by atoms with Gasteiger partial charge in [-0.05, 0) is 65.0 Å².